The first-order chi connectivity index (χ1) is 27.7. The number of likely N-dealkylation sites (tertiary alicyclic amines) is 2. The first-order valence-electron chi connectivity index (χ1n) is 19.4. The molecule has 14 nitrogen and oxygen atoms in total. The summed E-state index contributed by atoms with van der Waals surface area (Å²) < 4.78 is 39.1. The molecular formula is C42H48F2N8O6. The minimum atomic E-state index is -1.24. The molecule has 2 aliphatic rings. The Morgan fingerprint density at radius 1 is 0.655 bits per heavy atom. The van der Waals surface area contributed by atoms with E-state index in [0.717, 1.165) is 32.7 Å². The second-order valence-electron chi connectivity index (χ2n) is 15.7. The maximum atomic E-state index is 14.8. The maximum absolute atomic E-state index is 14.8. The molecule has 7 rings (SSSR count). The summed E-state index contributed by atoms with van der Waals surface area (Å²) in [5.41, 5.74) is 3.16. The number of amides is 4. The molecule has 4 N–H and O–H groups in total. The van der Waals surface area contributed by atoms with Crippen molar-refractivity contribution >= 4 is 45.5 Å². The molecule has 0 saturated carbocycles. The van der Waals surface area contributed by atoms with Crippen LogP contribution in [0.2, 0.25) is 0 Å². The largest absolute Gasteiger partial charge is 0.453 e. The number of rotatable bonds is 10. The normalized spacial score (nSPS) is 20.5. The van der Waals surface area contributed by atoms with Gasteiger partial charge in [0.1, 0.15) is 36.1 Å². The van der Waals surface area contributed by atoms with Gasteiger partial charge in [-0.3, -0.25) is 9.59 Å². The zero-order valence-corrected chi connectivity index (χ0v) is 33.2. The van der Waals surface area contributed by atoms with E-state index in [2.05, 4.69) is 42.7 Å². The van der Waals surface area contributed by atoms with Crippen LogP contribution in [0.1, 0.15) is 64.3 Å². The number of ether oxygens (including phenoxy) is 2. The predicted octanol–water partition coefficient (Wildman–Crippen LogP) is 6.76. The number of benzene rings is 3. The molecule has 306 valence electrons. The summed E-state index contributed by atoms with van der Waals surface area (Å²) in [6.45, 7) is 7.00. The van der Waals surface area contributed by atoms with Gasteiger partial charge in [-0.05, 0) is 57.6 Å². The van der Waals surface area contributed by atoms with Crippen molar-refractivity contribution in [2.45, 2.75) is 77.0 Å². The van der Waals surface area contributed by atoms with E-state index in [4.69, 9.17) is 9.47 Å². The Labute approximate surface area is 334 Å². The van der Waals surface area contributed by atoms with Crippen LogP contribution < -0.4 is 10.6 Å². The first-order valence-corrected chi connectivity index (χ1v) is 19.4. The number of nitrogens with one attached hydrogen (secondary N) is 4. The highest BCUT2D eigenvalue weighted by atomic mass is 19.1. The van der Waals surface area contributed by atoms with Crippen LogP contribution in [0.25, 0.3) is 44.1 Å². The molecule has 0 spiro atoms. The van der Waals surface area contributed by atoms with Gasteiger partial charge in [0, 0.05) is 24.0 Å². The van der Waals surface area contributed by atoms with Crippen LogP contribution >= 0.6 is 0 Å². The fourth-order valence-electron chi connectivity index (χ4n) is 7.97. The van der Waals surface area contributed by atoms with E-state index < -0.39 is 60.5 Å². The van der Waals surface area contributed by atoms with Crippen LogP contribution in [-0.4, -0.2) is 105 Å². The smallest absolute Gasteiger partial charge is 0.407 e. The number of hydrogen-bond acceptors (Lipinski definition) is 8. The molecule has 4 amide bonds. The van der Waals surface area contributed by atoms with Gasteiger partial charge in [-0.2, -0.15) is 0 Å². The van der Waals surface area contributed by atoms with Crippen molar-refractivity contribution in [3.8, 4) is 22.5 Å². The van der Waals surface area contributed by atoms with Crippen LogP contribution in [-0.2, 0) is 19.1 Å². The Morgan fingerprint density at radius 2 is 1.05 bits per heavy atom. The molecule has 4 heterocycles. The average Bonchev–Trinajstić information content (AvgIpc) is 4.03. The molecule has 1 unspecified atom stereocenters. The van der Waals surface area contributed by atoms with Gasteiger partial charge in [-0.15, -0.1) is 0 Å². The lowest BCUT2D eigenvalue weighted by Gasteiger charge is -2.29. The summed E-state index contributed by atoms with van der Waals surface area (Å²) in [6.07, 6.45) is -0.416. The van der Waals surface area contributed by atoms with Crippen LogP contribution in [0.15, 0.2) is 60.9 Å². The van der Waals surface area contributed by atoms with E-state index >= 15 is 0 Å². The van der Waals surface area contributed by atoms with Crippen molar-refractivity contribution in [1.82, 2.24) is 40.4 Å². The Kier molecular flexibility index (Phi) is 11.4. The SMILES string of the molecule is COC(=O)NC(C(=O)N1C[C@@H](F)C[C@H]1c1ncc(-c2ccc3cc4cc(-c5cnc([C@@H]6C[C@H](F)CN6C(=O)[C@@H](NC(=O)OC)C(C)C)[nH]5)ccc4cc3c2)[nH]1)C(C)C. The average molecular weight is 799 g/mol. The highest BCUT2D eigenvalue weighted by Gasteiger charge is 2.43. The van der Waals surface area contributed by atoms with Crippen molar-refractivity contribution in [1.29, 1.82) is 0 Å². The summed E-state index contributed by atoms with van der Waals surface area (Å²) in [6, 6.07) is 13.2. The minimum absolute atomic E-state index is 0.0823. The fourth-order valence-corrected chi connectivity index (χ4v) is 7.97. The Morgan fingerprint density at radius 3 is 1.41 bits per heavy atom. The number of nitrogens with zero attached hydrogens (tertiary/aromatic N) is 4. The Hall–Kier alpha value is -6.06. The molecule has 0 aliphatic carbocycles. The Balaban J connectivity index is 1.10. The molecule has 58 heavy (non-hydrogen) atoms. The van der Waals surface area contributed by atoms with Gasteiger partial charge in [-0.1, -0.05) is 52.0 Å². The van der Waals surface area contributed by atoms with Crippen molar-refractivity contribution in [2.75, 3.05) is 27.3 Å². The number of carbonyl (C=O) groups is 4. The number of methoxy groups -OCH3 is 2. The van der Waals surface area contributed by atoms with Crippen LogP contribution in [0.3, 0.4) is 0 Å². The van der Waals surface area contributed by atoms with Gasteiger partial charge in [0.25, 0.3) is 0 Å². The predicted molar refractivity (Wildman–Crippen MR) is 213 cm³/mol. The molecule has 2 saturated heterocycles. The third-order valence-corrected chi connectivity index (χ3v) is 11.1. The molecule has 5 aromatic rings. The van der Waals surface area contributed by atoms with E-state index in [1.165, 1.54) is 24.0 Å². The van der Waals surface area contributed by atoms with Gasteiger partial charge in [0.05, 0.1) is 63.2 Å². The van der Waals surface area contributed by atoms with Crippen LogP contribution in [0.4, 0.5) is 18.4 Å². The number of imidazole rings is 2. The molecule has 0 bridgehead atoms. The van der Waals surface area contributed by atoms with Crippen molar-refractivity contribution in [3.63, 3.8) is 0 Å². The molecular weight excluding hydrogens is 751 g/mol. The number of halogens is 2. The topological polar surface area (TPSA) is 175 Å². The zero-order valence-electron chi connectivity index (χ0n) is 33.2. The van der Waals surface area contributed by atoms with Gasteiger partial charge in [0.15, 0.2) is 0 Å². The Bertz CT molecular complexity index is 2180. The number of alkyl carbamates (subject to hydrolysis) is 2. The lowest BCUT2D eigenvalue weighted by molar-refractivity contribution is -0.136. The number of aromatic amines is 2. The molecule has 16 heteroatoms. The zero-order chi connectivity index (χ0) is 41.4. The highest BCUT2D eigenvalue weighted by molar-refractivity contribution is 6.01. The van der Waals surface area contributed by atoms with Gasteiger partial charge < -0.3 is 39.9 Å². The summed E-state index contributed by atoms with van der Waals surface area (Å²) in [5, 5.41) is 9.14. The van der Waals surface area contributed by atoms with Crippen LogP contribution in [0, 0.1) is 11.8 Å². The second-order valence-corrected chi connectivity index (χ2v) is 15.7. The van der Waals surface area contributed by atoms with Gasteiger partial charge >= 0.3 is 12.2 Å². The van der Waals surface area contributed by atoms with Gasteiger partial charge in [-0.25, -0.2) is 28.3 Å². The van der Waals surface area contributed by atoms with E-state index in [9.17, 15) is 28.0 Å². The molecule has 3 aromatic carbocycles. The standard InChI is InChI=1S/C42H48F2N8O6/c1-21(2)35(49-41(55)57-5)39(53)51-19-29(43)15-33(51)37-45-17-31(47-37)25-9-7-23-12-28-14-26(10-8-24(28)11-27(23)13-25)32-18-46-38(48-32)34-16-30(44)20-52(34)40(54)36(22(3)4)50-42(56)58-6/h7-14,17-18,21-22,29-30,33-36H,15-16,19-20H2,1-6H3,(H,45,47)(H,46,48)(H,49,55)(H,50,56)/t29-,30-,33-,34-,35-,36?/m0/s1. The molecule has 2 aromatic heterocycles. The molecule has 2 aliphatic heterocycles. The number of hydrogen-bond donors (Lipinski definition) is 4. The number of alkyl halides is 2. The fraction of sp³-hybridized carbons (Fsp3) is 0.429. The van der Waals surface area contributed by atoms with E-state index in [1.807, 2.05) is 36.4 Å². The minimum Gasteiger partial charge on any atom is -0.453 e. The number of carbonyl (C=O) groups excluding carboxylic acids is 4. The quantitative estimate of drug-likeness (QED) is 0.112. The molecule has 0 radical (unpaired) electrons. The molecule has 2 fully saturated rings. The van der Waals surface area contributed by atoms with Crippen molar-refractivity contribution in [2.24, 2.45) is 11.8 Å². The third kappa shape index (κ3) is 8.04. The van der Waals surface area contributed by atoms with Crippen LogP contribution in [0.5, 0.6) is 0 Å². The highest BCUT2D eigenvalue weighted by Crippen LogP contribution is 2.37. The first kappa shape index (κ1) is 40.1. The molecule has 6 atom stereocenters. The third-order valence-electron chi connectivity index (χ3n) is 11.1. The summed E-state index contributed by atoms with van der Waals surface area (Å²) in [5.74, 6) is -0.374. The number of fused-ring (bicyclic) bond motifs is 2. The van der Waals surface area contributed by atoms with Gasteiger partial charge in [0.2, 0.25) is 11.8 Å². The summed E-state index contributed by atoms with van der Waals surface area (Å²) >= 11 is 0. The van der Waals surface area contributed by atoms with E-state index in [0.29, 0.717) is 23.0 Å². The summed E-state index contributed by atoms with van der Waals surface area (Å²) in [7, 11) is 2.45. The number of aromatic nitrogens is 4. The summed E-state index contributed by atoms with van der Waals surface area (Å²) in [4.78, 5) is 69.7. The van der Waals surface area contributed by atoms with Crippen molar-refractivity contribution < 1.29 is 37.4 Å². The lowest BCUT2D eigenvalue weighted by Crippen LogP contribution is -2.51. The van der Waals surface area contributed by atoms with E-state index in [1.54, 1.807) is 40.1 Å². The van der Waals surface area contributed by atoms with Crippen molar-refractivity contribution in [3.05, 3.63) is 72.6 Å². The lowest BCUT2D eigenvalue weighted by atomic mass is 9.99. The number of H-pyrrole nitrogens is 2. The van der Waals surface area contributed by atoms with E-state index in [-0.39, 0.29) is 37.8 Å². The monoisotopic (exact) mass is 798 g/mol. The maximum Gasteiger partial charge on any atom is 0.407 e. The second kappa shape index (κ2) is 16.4.